The highest BCUT2D eigenvalue weighted by Crippen LogP contribution is 2.35. The lowest BCUT2D eigenvalue weighted by molar-refractivity contribution is -0.114. The Hall–Kier alpha value is -2.25. The van der Waals surface area contributed by atoms with Crippen LogP contribution in [-0.4, -0.2) is 27.6 Å². The smallest absolute Gasteiger partial charge is 0.285 e. The molecule has 1 atom stereocenters. The fourth-order valence-corrected chi connectivity index (χ4v) is 4.28. The van der Waals surface area contributed by atoms with E-state index < -0.39 is 0 Å². The van der Waals surface area contributed by atoms with Crippen LogP contribution in [0.1, 0.15) is 44.1 Å². The Bertz CT molecular complexity index is 945. The van der Waals surface area contributed by atoms with E-state index in [0.717, 1.165) is 23.4 Å². The number of carbonyl (C=O) groups is 1. The number of benzene rings is 1. The van der Waals surface area contributed by atoms with Crippen LogP contribution in [0.15, 0.2) is 35.2 Å². The van der Waals surface area contributed by atoms with Crippen LogP contribution < -0.4 is 14.5 Å². The molecule has 2 aromatic rings. The minimum Gasteiger partial charge on any atom is -0.490 e. The van der Waals surface area contributed by atoms with Gasteiger partial charge >= 0.3 is 0 Å². The summed E-state index contributed by atoms with van der Waals surface area (Å²) < 4.78 is 14.1. The van der Waals surface area contributed by atoms with Crippen molar-refractivity contribution in [1.29, 1.82) is 0 Å². The molecule has 0 radical (unpaired) electrons. The first-order valence-electron chi connectivity index (χ1n) is 9.72. The topological polar surface area (TPSA) is 43.7 Å². The Morgan fingerprint density at radius 3 is 2.45 bits per heavy atom. The highest BCUT2D eigenvalue weighted by Gasteiger charge is 2.34. The van der Waals surface area contributed by atoms with Crippen molar-refractivity contribution in [3.05, 3.63) is 52.2 Å². The van der Waals surface area contributed by atoms with Crippen LogP contribution in [0.4, 0.5) is 0 Å². The molecule has 0 spiro atoms. The maximum atomic E-state index is 13.1. The summed E-state index contributed by atoms with van der Waals surface area (Å²) >= 11 is 6.79. The quantitative estimate of drug-likeness (QED) is 0.445. The number of rotatable bonds is 7. The zero-order chi connectivity index (χ0) is 21.1. The molecule has 5 nitrogen and oxygen atoms in total. The maximum absolute atomic E-state index is 13.1. The van der Waals surface area contributed by atoms with E-state index in [9.17, 15) is 4.79 Å². The van der Waals surface area contributed by atoms with Gasteiger partial charge in [0, 0.05) is 11.4 Å². The molecule has 1 saturated heterocycles. The minimum absolute atomic E-state index is 0.101. The average molecular weight is 431 g/mol. The van der Waals surface area contributed by atoms with Crippen molar-refractivity contribution in [2.75, 3.05) is 11.6 Å². The lowest BCUT2D eigenvalue weighted by Gasteiger charge is -2.20. The number of ether oxygens (including phenoxy) is 2. The second kappa shape index (κ2) is 9.05. The molecule has 3 rings (SSSR count). The van der Waals surface area contributed by atoms with Crippen molar-refractivity contribution in [2.24, 2.45) is 0 Å². The summed E-state index contributed by atoms with van der Waals surface area (Å²) in [6, 6.07) is 9.67. The number of aromatic nitrogens is 1. The summed E-state index contributed by atoms with van der Waals surface area (Å²) in [4.78, 5) is 13.6. The molecule has 0 aliphatic carbocycles. The Labute approximate surface area is 181 Å². The van der Waals surface area contributed by atoms with E-state index in [1.54, 1.807) is 5.01 Å². The van der Waals surface area contributed by atoms with Gasteiger partial charge in [0.2, 0.25) is 0 Å². The highest BCUT2D eigenvalue weighted by atomic mass is 32.2. The fraction of sp³-hybridized carbons (Fsp3) is 0.364. The van der Waals surface area contributed by atoms with Crippen LogP contribution in [0, 0.1) is 13.8 Å². The van der Waals surface area contributed by atoms with Gasteiger partial charge in [-0.05, 0) is 82.2 Å². The van der Waals surface area contributed by atoms with Crippen molar-refractivity contribution in [3.8, 4) is 11.5 Å². The van der Waals surface area contributed by atoms with Gasteiger partial charge < -0.3 is 9.47 Å². The third-order valence-electron chi connectivity index (χ3n) is 4.68. The van der Waals surface area contributed by atoms with E-state index in [-0.39, 0.29) is 12.0 Å². The first kappa shape index (κ1) is 21.5. The number of thioether (sulfide) groups is 1. The molecule has 1 aliphatic rings. The number of amides is 1. The predicted molar refractivity (Wildman–Crippen MR) is 123 cm³/mol. The van der Waals surface area contributed by atoms with Crippen molar-refractivity contribution < 1.29 is 14.3 Å². The van der Waals surface area contributed by atoms with E-state index in [4.69, 9.17) is 21.7 Å². The maximum Gasteiger partial charge on any atom is 0.285 e. The van der Waals surface area contributed by atoms with Crippen molar-refractivity contribution in [1.82, 2.24) is 4.68 Å². The molecule has 1 fully saturated rings. The lowest BCUT2D eigenvalue weighted by atomic mass is 10.1. The summed E-state index contributed by atoms with van der Waals surface area (Å²) in [5.74, 6) is 1.26. The summed E-state index contributed by atoms with van der Waals surface area (Å²) in [6.07, 6.45) is 2.86. The van der Waals surface area contributed by atoms with Gasteiger partial charge in [0.05, 0.1) is 17.6 Å². The van der Waals surface area contributed by atoms with Gasteiger partial charge in [-0.3, -0.25) is 9.47 Å². The molecule has 0 saturated carbocycles. The van der Waals surface area contributed by atoms with Crippen molar-refractivity contribution >= 4 is 40.3 Å². The van der Waals surface area contributed by atoms with Gasteiger partial charge in [-0.15, -0.1) is 0 Å². The van der Waals surface area contributed by atoms with Gasteiger partial charge in [0.25, 0.3) is 5.91 Å². The van der Waals surface area contributed by atoms with Crippen LogP contribution in [0.3, 0.4) is 0 Å². The first-order valence-corrected chi connectivity index (χ1v) is 10.9. The van der Waals surface area contributed by atoms with E-state index >= 15 is 0 Å². The number of aryl methyl sites for hydroxylation is 2. The molecule has 1 aliphatic heterocycles. The second-order valence-electron chi connectivity index (χ2n) is 6.90. The zero-order valence-corrected chi connectivity index (χ0v) is 19.0. The molecular formula is C22H26N2O3S2. The number of hydrogen-bond acceptors (Lipinski definition) is 5. The summed E-state index contributed by atoms with van der Waals surface area (Å²) in [5.41, 5.74) is 2.79. The molecule has 2 heterocycles. The van der Waals surface area contributed by atoms with Crippen molar-refractivity contribution in [3.63, 3.8) is 0 Å². The molecule has 29 heavy (non-hydrogen) atoms. The number of carbonyl (C=O) groups excluding carboxylic acids is 1. The van der Waals surface area contributed by atoms with Crippen LogP contribution >= 0.6 is 24.0 Å². The van der Waals surface area contributed by atoms with Gasteiger partial charge in [0.1, 0.15) is 0 Å². The average Bonchev–Trinajstić information content (AvgIpc) is 3.15. The van der Waals surface area contributed by atoms with E-state index in [0.29, 0.717) is 27.3 Å². The highest BCUT2D eigenvalue weighted by molar-refractivity contribution is 8.27. The Morgan fingerprint density at radius 2 is 1.83 bits per heavy atom. The molecule has 0 unspecified atom stereocenters. The van der Waals surface area contributed by atoms with Gasteiger partial charge in [-0.25, -0.2) is 0 Å². The number of thiocarbonyl (C=S) groups is 1. The van der Waals surface area contributed by atoms with Crippen LogP contribution in [-0.2, 0) is 4.79 Å². The standard InChI is InChI=1S/C22H26N2O3S2/c1-6-16(5)27-18-11-10-17(12-19(18)26-7-2)13-20-21(25)24(22(28)29-20)23-14(3)8-9-15(23)4/h8-13,16H,6-7H2,1-5H3/b20-13+/t16-/m0/s1. The molecule has 7 heteroatoms. The monoisotopic (exact) mass is 430 g/mol. The SMILES string of the molecule is CCOc1cc(/C=C2/SC(=S)N(n3c(C)ccc3C)C2=O)ccc1O[C@@H](C)CC. The molecule has 0 bridgehead atoms. The van der Waals surface area contributed by atoms with Crippen LogP contribution in [0.25, 0.3) is 6.08 Å². The van der Waals surface area contributed by atoms with E-state index in [2.05, 4.69) is 6.92 Å². The summed E-state index contributed by atoms with van der Waals surface area (Å²) in [5, 5.41) is 1.56. The Kier molecular flexibility index (Phi) is 6.70. The molecule has 1 aromatic carbocycles. The van der Waals surface area contributed by atoms with E-state index in [1.165, 1.54) is 11.8 Å². The zero-order valence-electron chi connectivity index (χ0n) is 17.4. The van der Waals surface area contributed by atoms with E-state index in [1.807, 2.05) is 68.8 Å². The second-order valence-corrected chi connectivity index (χ2v) is 8.57. The van der Waals surface area contributed by atoms with Gasteiger partial charge in [0.15, 0.2) is 15.8 Å². The normalized spacial score (nSPS) is 16.6. The fourth-order valence-electron chi connectivity index (χ4n) is 3.04. The van der Waals surface area contributed by atoms with Crippen LogP contribution in [0.2, 0.25) is 0 Å². The molecule has 0 N–H and O–H groups in total. The minimum atomic E-state index is -0.125. The lowest BCUT2D eigenvalue weighted by Crippen LogP contribution is -2.39. The molecular weight excluding hydrogens is 404 g/mol. The molecule has 154 valence electrons. The molecule has 1 amide bonds. The van der Waals surface area contributed by atoms with Crippen LogP contribution in [0.5, 0.6) is 11.5 Å². The third kappa shape index (κ3) is 4.51. The predicted octanol–water partition coefficient (Wildman–Crippen LogP) is 5.22. The van der Waals surface area contributed by atoms with Crippen molar-refractivity contribution in [2.45, 2.75) is 47.1 Å². The third-order valence-corrected chi connectivity index (χ3v) is 5.96. The Balaban J connectivity index is 1.91. The number of nitrogens with zero attached hydrogens (tertiary/aromatic N) is 2. The van der Waals surface area contributed by atoms with Gasteiger partial charge in [-0.2, -0.15) is 5.01 Å². The summed E-state index contributed by atoms with van der Waals surface area (Å²) in [6.45, 7) is 10.5. The largest absolute Gasteiger partial charge is 0.490 e. The first-order chi connectivity index (χ1) is 13.8. The molecule has 1 aromatic heterocycles. The van der Waals surface area contributed by atoms with Gasteiger partial charge in [-0.1, -0.05) is 24.8 Å². The number of hydrogen-bond donors (Lipinski definition) is 0. The Morgan fingerprint density at radius 1 is 1.14 bits per heavy atom. The summed E-state index contributed by atoms with van der Waals surface area (Å²) in [7, 11) is 0.